The van der Waals surface area contributed by atoms with Gasteiger partial charge in [0.1, 0.15) is 23.0 Å². The molecule has 144 valence electrons. The first-order chi connectivity index (χ1) is 14.2. The van der Waals surface area contributed by atoms with Gasteiger partial charge in [-0.2, -0.15) is 0 Å². The fourth-order valence-corrected chi connectivity index (χ4v) is 4.25. The molecule has 7 heteroatoms. The minimum atomic E-state index is -0.267. The molecule has 2 aliphatic heterocycles. The number of hydrogen-bond acceptors (Lipinski definition) is 5. The molecule has 1 N–H and O–H groups in total. The average Bonchev–Trinajstić information content (AvgIpc) is 3.06. The van der Waals surface area contributed by atoms with Gasteiger partial charge in [-0.1, -0.05) is 0 Å². The fourth-order valence-electron chi connectivity index (χ4n) is 4.25. The Balaban J connectivity index is 1.50. The number of fused-ring (bicyclic) bond motifs is 1. The van der Waals surface area contributed by atoms with E-state index in [2.05, 4.69) is 15.2 Å². The number of hydrogen-bond donors (Lipinski definition) is 1. The fraction of sp³-hybridized carbons (Fsp3) is 0.227. The summed E-state index contributed by atoms with van der Waals surface area (Å²) < 4.78 is 15.5. The molecule has 0 saturated carbocycles. The highest BCUT2D eigenvalue weighted by Crippen LogP contribution is 2.35. The van der Waals surface area contributed by atoms with Crippen LogP contribution >= 0.6 is 0 Å². The van der Waals surface area contributed by atoms with E-state index in [1.165, 1.54) is 18.6 Å². The Kier molecular flexibility index (Phi) is 3.49. The van der Waals surface area contributed by atoms with Crippen molar-refractivity contribution >= 4 is 17.0 Å². The lowest BCUT2D eigenvalue weighted by atomic mass is 9.80. The zero-order valence-corrected chi connectivity index (χ0v) is 15.7. The maximum absolute atomic E-state index is 13.5. The number of benzene rings is 1. The molecule has 1 aromatic carbocycles. The summed E-state index contributed by atoms with van der Waals surface area (Å²) in [6.07, 6.45) is 4.73. The summed E-state index contributed by atoms with van der Waals surface area (Å²) in [6, 6.07) is 14.3. The molecule has 2 aliphatic rings. The highest BCUT2D eigenvalue weighted by atomic mass is 19.1. The second-order valence-electron chi connectivity index (χ2n) is 7.81. The van der Waals surface area contributed by atoms with Gasteiger partial charge in [-0.25, -0.2) is 14.4 Å². The molecule has 0 radical (unpaired) electrons. The molecule has 5 heterocycles. The third-order valence-electron chi connectivity index (χ3n) is 5.93. The van der Waals surface area contributed by atoms with Gasteiger partial charge in [0.2, 0.25) is 0 Å². The monoisotopic (exact) mass is 386 g/mol. The van der Waals surface area contributed by atoms with Gasteiger partial charge in [-0.05, 0) is 61.5 Å². The molecule has 3 aromatic heterocycles. The molecule has 2 fully saturated rings. The van der Waals surface area contributed by atoms with E-state index in [1.54, 1.807) is 24.5 Å². The molecule has 29 heavy (non-hydrogen) atoms. The number of aromatic nitrogens is 4. The molecule has 6 nitrogen and oxygen atoms in total. The Morgan fingerprint density at radius 3 is 2.38 bits per heavy atom. The topological polar surface area (TPSA) is 58.9 Å². The number of halogens is 1. The lowest BCUT2D eigenvalue weighted by Crippen LogP contribution is -2.76. The van der Waals surface area contributed by atoms with E-state index in [9.17, 15) is 4.39 Å². The quantitative estimate of drug-likeness (QED) is 0.586. The predicted octanol–water partition coefficient (Wildman–Crippen LogP) is 3.17. The summed E-state index contributed by atoms with van der Waals surface area (Å²) >= 11 is 0. The first-order valence-corrected chi connectivity index (χ1v) is 9.77. The lowest BCUT2D eigenvalue weighted by Gasteiger charge is -2.56. The van der Waals surface area contributed by atoms with Crippen LogP contribution in [-0.2, 0) is 0 Å². The van der Waals surface area contributed by atoms with Crippen LogP contribution in [0.3, 0.4) is 0 Å². The highest BCUT2D eigenvalue weighted by Gasteiger charge is 2.47. The number of pyridine rings is 2. The molecular weight excluding hydrogens is 367 g/mol. The van der Waals surface area contributed by atoms with Crippen LogP contribution in [-0.4, -0.2) is 44.7 Å². The SMILES string of the molecule is Fc1ccc(-c2nc3ccc(N4CC5(CCN5)C4)nc3n2-c2ccncc2)cc1. The van der Waals surface area contributed by atoms with E-state index in [1.807, 2.05) is 28.8 Å². The molecule has 0 unspecified atom stereocenters. The van der Waals surface area contributed by atoms with Crippen LogP contribution in [0.2, 0.25) is 0 Å². The van der Waals surface area contributed by atoms with Crippen molar-refractivity contribution in [1.82, 2.24) is 24.8 Å². The maximum Gasteiger partial charge on any atom is 0.167 e. The van der Waals surface area contributed by atoms with Crippen molar-refractivity contribution in [3.05, 3.63) is 66.7 Å². The smallest absolute Gasteiger partial charge is 0.167 e. The summed E-state index contributed by atoms with van der Waals surface area (Å²) in [5, 5.41) is 3.54. The standard InChI is InChI=1S/C22H19FN6/c23-16-3-1-15(2-4-16)20-26-18-5-6-19(28-13-22(14-28)9-12-25-22)27-21(18)29(20)17-7-10-24-11-8-17/h1-8,10-11,25H,9,12-14H2. The second-order valence-corrected chi connectivity index (χ2v) is 7.81. The van der Waals surface area contributed by atoms with Gasteiger partial charge >= 0.3 is 0 Å². The van der Waals surface area contributed by atoms with E-state index in [4.69, 9.17) is 9.97 Å². The van der Waals surface area contributed by atoms with Crippen molar-refractivity contribution in [1.29, 1.82) is 0 Å². The molecule has 4 aromatic rings. The minimum absolute atomic E-state index is 0.267. The summed E-state index contributed by atoms with van der Waals surface area (Å²) in [6.45, 7) is 3.08. The van der Waals surface area contributed by atoms with Crippen LogP contribution in [0, 0.1) is 5.82 Å². The van der Waals surface area contributed by atoms with Crippen molar-refractivity contribution in [2.45, 2.75) is 12.0 Å². The van der Waals surface area contributed by atoms with E-state index in [-0.39, 0.29) is 5.82 Å². The van der Waals surface area contributed by atoms with Crippen LogP contribution < -0.4 is 10.2 Å². The largest absolute Gasteiger partial charge is 0.353 e. The molecule has 0 bridgehead atoms. The minimum Gasteiger partial charge on any atom is -0.353 e. The van der Waals surface area contributed by atoms with Gasteiger partial charge < -0.3 is 10.2 Å². The number of imidazole rings is 1. The Labute approximate surface area is 167 Å². The molecule has 0 atom stereocenters. The highest BCUT2D eigenvalue weighted by molar-refractivity contribution is 5.81. The van der Waals surface area contributed by atoms with Crippen LogP contribution in [0.4, 0.5) is 10.2 Å². The summed E-state index contributed by atoms with van der Waals surface area (Å²) in [4.78, 5) is 16.2. The number of rotatable bonds is 3. The Morgan fingerprint density at radius 1 is 0.931 bits per heavy atom. The van der Waals surface area contributed by atoms with Crippen molar-refractivity contribution in [3.8, 4) is 17.1 Å². The maximum atomic E-state index is 13.5. The summed E-state index contributed by atoms with van der Waals surface area (Å²) in [5.74, 6) is 1.42. The van der Waals surface area contributed by atoms with Crippen LogP contribution in [0.15, 0.2) is 60.9 Å². The van der Waals surface area contributed by atoms with E-state index in [0.717, 1.165) is 53.7 Å². The van der Waals surface area contributed by atoms with Crippen LogP contribution in [0.1, 0.15) is 6.42 Å². The van der Waals surface area contributed by atoms with E-state index < -0.39 is 0 Å². The van der Waals surface area contributed by atoms with Gasteiger partial charge in [0.15, 0.2) is 5.65 Å². The zero-order valence-electron chi connectivity index (χ0n) is 15.7. The molecule has 2 saturated heterocycles. The third kappa shape index (κ3) is 2.61. The van der Waals surface area contributed by atoms with Gasteiger partial charge in [0.25, 0.3) is 0 Å². The summed E-state index contributed by atoms with van der Waals surface area (Å²) in [5.41, 5.74) is 3.65. The van der Waals surface area contributed by atoms with Crippen LogP contribution in [0.5, 0.6) is 0 Å². The number of nitrogens with one attached hydrogen (secondary N) is 1. The first-order valence-electron chi connectivity index (χ1n) is 9.77. The van der Waals surface area contributed by atoms with Crippen LogP contribution in [0.25, 0.3) is 28.2 Å². The predicted molar refractivity (Wildman–Crippen MR) is 110 cm³/mol. The second kappa shape index (κ2) is 6.09. The summed E-state index contributed by atoms with van der Waals surface area (Å²) in [7, 11) is 0. The van der Waals surface area contributed by atoms with Gasteiger partial charge in [0.05, 0.1) is 11.2 Å². The molecule has 0 aliphatic carbocycles. The van der Waals surface area contributed by atoms with E-state index in [0.29, 0.717) is 5.54 Å². The Hall–Kier alpha value is -3.32. The van der Waals surface area contributed by atoms with Crippen molar-refractivity contribution < 1.29 is 4.39 Å². The van der Waals surface area contributed by atoms with Gasteiger partial charge in [0, 0.05) is 31.0 Å². The van der Waals surface area contributed by atoms with Crippen molar-refractivity contribution in [2.75, 3.05) is 24.5 Å². The van der Waals surface area contributed by atoms with E-state index >= 15 is 0 Å². The molecule has 6 rings (SSSR count). The van der Waals surface area contributed by atoms with Gasteiger partial charge in [-0.15, -0.1) is 0 Å². The zero-order chi connectivity index (χ0) is 19.4. The molecular formula is C22H19FN6. The van der Waals surface area contributed by atoms with Crippen molar-refractivity contribution in [2.24, 2.45) is 0 Å². The Bertz CT molecular complexity index is 1190. The van der Waals surface area contributed by atoms with Crippen molar-refractivity contribution in [3.63, 3.8) is 0 Å². The normalized spacial score (nSPS) is 17.3. The third-order valence-corrected chi connectivity index (χ3v) is 5.93. The molecule has 1 spiro atoms. The average molecular weight is 386 g/mol. The Morgan fingerprint density at radius 2 is 1.69 bits per heavy atom. The first kappa shape index (κ1) is 16.6. The number of nitrogens with zero attached hydrogens (tertiary/aromatic N) is 5. The molecule has 0 amide bonds. The number of anilines is 1. The lowest BCUT2D eigenvalue weighted by molar-refractivity contribution is 0.159. The van der Waals surface area contributed by atoms with Gasteiger partial charge in [-0.3, -0.25) is 9.55 Å².